The van der Waals surface area contributed by atoms with E-state index in [1.54, 1.807) is 50.1 Å². The van der Waals surface area contributed by atoms with Crippen molar-refractivity contribution < 1.29 is 39.4 Å². The molecule has 692 valence electrons. The zero-order chi connectivity index (χ0) is 91.9. The molecule has 8 atom stereocenters. The fraction of sp³-hybridized carbons (Fsp3) is 0.512. The summed E-state index contributed by atoms with van der Waals surface area (Å²) in [5.41, 5.74) is 46.2. The second-order valence-corrected chi connectivity index (χ2v) is 39.5. The Balaban J connectivity index is 0.000000121. The maximum absolute atomic E-state index is 9.95. The number of nitrogens with zero attached hydrogens (tertiary/aromatic N) is 22. The lowest BCUT2D eigenvalue weighted by molar-refractivity contribution is 0.0972. The van der Waals surface area contributed by atoms with E-state index in [-0.39, 0.29) is 108 Å². The van der Waals surface area contributed by atoms with Crippen LogP contribution in [0.3, 0.4) is 0 Å². The van der Waals surface area contributed by atoms with Gasteiger partial charge in [0.25, 0.3) is 0 Å². The zero-order valence-electron chi connectivity index (χ0n) is 73.2. The molecule has 4 spiro atoms. The van der Waals surface area contributed by atoms with E-state index in [0.717, 1.165) is 163 Å². The van der Waals surface area contributed by atoms with Crippen LogP contribution in [0.1, 0.15) is 125 Å². The summed E-state index contributed by atoms with van der Waals surface area (Å²) in [6.07, 6.45) is 10.9. The molecule has 8 aliphatic rings. The minimum Gasteiger partial charge on any atom is -0.388 e. The number of aliphatic hydroxyl groups excluding tert-OH is 4. The smallest absolute Gasteiger partial charge is 0.228 e. The molecule has 20 rings (SSSR count). The SMILES string of the molecule is Cc1nc(N2CCC3(CC2)CO[C@@H](C)[C@H]3N)n2c(CO)nnc2c1-c1ccnc(N)c1Cl.Cc1nc(N2CCC3(CC2)CO[C@@H](C)[C@H]3N)n2c(CO)nnc2c1Sc1ccnc(N)c1Cl.Cc1nc(N2CCC3(CC2)CO[C@@H](C)[C@H]3N)n2nc(CO)nc2c1-c1cccc(Cl)c1Cl.Cc1nc(N2CCC3(CC2)CO[C@@H](C)[C@H]3N)n2nc(CO)nc2c1Sc1cccc(Cl)c1Cl. The summed E-state index contributed by atoms with van der Waals surface area (Å²) < 4.78 is 30.5. The van der Waals surface area contributed by atoms with Crippen LogP contribution in [0.25, 0.3) is 44.8 Å². The molecule has 2 aromatic carbocycles. The number of nitrogens with two attached hydrogens (primary N) is 6. The van der Waals surface area contributed by atoms with E-state index in [4.69, 9.17) is 143 Å². The molecule has 0 unspecified atom stereocenters. The number of aromatic nitrogens is 18. The molecule has 130 heavy (non-hydrogen) atoms. The largest absolute Gasteiger partial charge is 0.388 e. The molecule has 8 fully saturated rings. The summed E-state index contributed by atoms with van der Waals surface area (Å²) in [4.78, 5) is 48.9. The van der Waals surface area contributed by atoms with Gasteiger partial charge in [0.05, 0.1) is 119 Å². The summed E-state index contributed by atoms with van der Waals surface area (Å²) in [6.45, 7) is 24.0. The molecule has 8 aliphatic heterocycles. The zero-order valence-corrected chi connectivity index (χ0v) is 79.3. The topological polar surface area (TPSA) is 485 Å². The lowest BCUT2D eigenvalue weighted by Crippen LogP contribution is -2.51. The van der Waals surface area contributed by atoms with Gasteiger partial charge in [-0.05, 0) is 137 Å². The van der Waals surface area contributed by atoms with Gasteiger partial charge in [-0.25, -0.2) is 48.7 Å². The molecule has 0 amide bonds. The average Bonchev–Trinajstić information content (AvgIpc) is 1.56. The molecule has 10 aromatic heterocycles. The Morgan fingerprint density at radius 2 is 0.746 bits per heavy atom. The molecule has 0 radical (unpaired) electrons. The fourth-order valence-electron chi connectivity index (χ4n) is 19.5. The van der Waals surface area contributed by atoms with Gasteiger partial charge in [-0.2, -0.15) is 9.03 Å². The number of hydrogen-bond donors (Lipinski definition) is 10. The van der Waals surface area contributed by atoms with Gasteiger partial charge in [0.1, 0.15) is 38.1 Å². The Morgan fingerprint density at radius 3 is 1.19 bits per heavy atom. The van der Waals surface area contributed by atoms with Crippen LogP contribution < -0.4 is 54.0 Å². The highest BCUT2D eigenvalue weighted by Gasteiger charge is 2.52. The van der Waals surface area contributed by atoms with Gasteiger partial charge in [0, 0.05) is 137 Å². The molecule has 0 saturated carbocycles. The predicted molar refractivity (Wildman–Crippen MR) is 501 cm³/mol. The van der Waals surface area contributed by atoms with Gasteiger partial charge in [-0.1, -0.05) is 111 Å². The first-order valence-electron chi connectivity index (χ1n) is 43.4. The van der Waals surface area contributed by atoms with Crippen LogP contribution in [-0.2, 0) is 45.4 Å². The summed E-state index contributed by atoms with van der Waals surface area (Å²) >= 11 is 41.1. The van der Waals surface area contributed by atoms with Crippen LogP contribution >= 0.6 is 93.1 Å². The van der Waals surface area contributed by atoms with Crippen LogP contribution in [0.5, 0.6) is 0 Å². The van der Waals surface area contributed by atoms with Gasteiger partial charge in [0.15, 0.2) is 45.9 Å². The Bertz CT molecular complexity index is 6090. The number of halogens is 6. The number of fused-ring (bicyclic) bond motifs is 4. The summed E-state index contributed by atoms with van der Waals surface area (Å²) in [5.74, 6) is 4.85. The van der Waals surface area contributed by atoms with Crippen LogP contribution in [0.15, 0.2) is 80.5 Å². The highest BCUT2D eigenvalue weighted by molar-refractivity contribution is 8.00. The van der Waals surface area contributed by atoms with Crippen molar-refractivity contribution in [2.75, 3.05) is 110 Å². The van der Waals surface area contributed by atoms with Crippen molar-refractivity contribution in [3.63, 3.8) is 0 Å². The lowest BCUT2D eigenvalue weighted by atomic mass is 9.73. The Kier molecular flexibility index (Phi) is 27.2. The van der Waals surface area contributed by atoms with Gasteiger partial charge < -0.3 is 93.4 Å². The minimum absolute atomic E-state index is 0.000888. The van der Waals surface area contributed by atoms with Crippen molar-refractivity contribution in [3.8, 4) is 22.3 Å². The van der Waals surface area contributed by atoms with E-state index in [2.05, 4.69) is 77.1 Å². The standard InChI is InChI=1S/C22H26Cl2N6O2S.C22H26Cl2N6O2.C21H27ClN8O2S.C21H27ClN8O2/c1-12-18(33-15-5-3-4-14(23)17(15)24)20-27-16(10-31)28-30(20)21(26-12)29-8-6-22(7-9-29)11-32-13(2)19(22)25;1-12-17(14-4-3-5-15(23)18(14)24)20-27-16(10-31)28-30(20)21(26-12)29-8-6-22(7-9-29)11-32-13(2)19(22)25;1-11-16(33-13-3-6-25-18(24)15(13)22)19-28-27-14(9-31)30(19)20(26-11)29-7-4-21(5-8-29)10-32-12(2)17(21)23;1-11-15(13-3-6-25-18(24)16(13)22)19-28-27-14(9-31)30(19)20(26-11)29-7-4-21(5-8-29)10-32-12(2)17(21)23/h3-5,13,19,31H,6-11,25H2,1-2H3;3-5,13,19,31H,6-11,25H2,1-2H3;3,6,12,17,31H,4-5,7-10,23H2,1-2H3,(H2,24,25);3,6,12,17,31H,4-5,7-10,23H2,1-2H3,(H2,24,25)/t2*13-,19+;2*12-,17+/m0000/s1. The van der Waals surface area contributed by atoms with Crippen LogP contribution in [-0.4, -0.2) is 236 Å². The van der Waals surface area contributed by atoms with Crippen LogP contribution in [0.4, 0.5) is 35.4 Å². The molecule has 0 bridgehead atoms. The molecule has 44 heteroatoms. The molecule has 36 nitrogen and oxygen atoms in total. The number of piperidine rings is 4. The maximum Gasteiger partial charge on any atom is 0.228 e. The quantitative estimate of drug-likeness (QED) is 0.0483. The first-order valence-corrected chi connectivity index (χ1v) is 47.3. The number of ether oxygens (including phenoxy) is 4. The number of pyridine rings is 2. The number of hydrogen-bond acceptors (Lipinski definition) is 34. The van der Waals surface area contributed by atoms with E-state index in [1.807, 2.05) is 77.1 Å². The summed E-state index contributed by atoms with van der Waals surface area (Å²) in [7, 11) is 0. The van der Waals surface area contributed by atoms with E-state index in [1.165, 1.54) is 23.5 Å². The van der Waals surface area contributed by atoms with Gasteiger partial charge in [0.2, 0.25) is 23.8 Å². The molecule has 8 saturated heterocycles. The maximum atomic E-state index is 9.95. The van der Waals surface area contributed by atoms with Crippen molar-refractivity contribution >= 4 is 151 Å². The fourth-order valence-corrected chi connectivity index (χ4v) is 22.8. The second kappa shape index (κ2) is 37.9. The second-order valence-electron chi connectivity index (χ2n) is 35.1. The highest BCUT2D eigenvalue weighted by atomic mass is 35.5. The molecule has 0 aliphatic carbocycles. The van der Waals surface area contributed by atoms with Crippen LogP contribution in [0, 0.1) is 49.4 Å². The third-order valence-electron chi connectivity index (χ3n) is 27.6. The number of nitrogen functional groups attached to an aromatic ring is 2. The number of aryl methyl sites for hydroxylation is 4. The Labute approximate surface area is 788 Å². The minimum atomic E-state index is -0.268. The number of aliphatic hydroxyl groups is 4. The van der Waals surface area contributed by atoms with Crippen molar-refractivity contribution in [3.05, 3.63) is 137 Å². The van der Waals surface area contributed by atoms with Gasteiger partial charge in [-0.15, -0.1) is 30.6 Å². The van der Waals surface area contributed by atoms with Gasteiger partial charge >= 0.3 is 0 Å². The molecular weight excluding hydrogens is 1830 g/mol. The first-order chi connectivity index (χ1) is 62.4. The Hall–Kier alpha value is -8.30. The van der Waals surface area contributed by atoms with Crippen LogP contribution in [0.2, 0.25) is 30.1 Å². The monoisotopic (exact) mass is 1930 g/mol. The van der Waals surface area contributed by atoms with E-state index < -0.39 is 0 Å². The molecular formula is C86H106Cl6N28O8S2. The number of benzene rings is 2. The van der Waals surface area contributed by atoms with E-state index in [9.17, 15) is 20.4 Å². The van der Waals surface area contributed by atoms with E-state index >= 15 is 0 Å². The van der Waals surface area contributed by atoms with Gasteiger partial charge in [-0.3, -0.25) is 0 Å². The molecule has 18 heterocycles. The highest BCUT2D eigenvalue weighted by Crippen LogP contribution is 2.50. The first kappa shape index (κ1) is 93.5. The molecule has 16 N–H and O–H groups in total. The Morgan fingerprint density at radius 1 is 0.392 bits per heavy atom. The molecule has 12 aromatic rings. The summed E-state index contributed by atoms with van der Waals surface area (Å²) in [5, 5.41) is 68.2. The number of rotatable bonds is 14. The summed E-state index contributed by atoms with van der Waals surface area (Å²) in [6, 6.07) is 14.7. The predicted octanol–water partition coefficient (Wildman–Crippen LogP) is 10.5. The number of anilines is 6. The third kappa shape index (κ3) is 17.1. The van der Waals surface area contributed by atoms with Crippen molar-refractivity contribution in [1.29, 1.82) is 0 Å². The van der Waals surface area contributed by atoms with Crippen molar-refractivity contribution in [2.24, 2.45) is 44.6 Å². The van der Waals surface area contributed by atoms with Crippen molar-refractivity contribution in [2.45, 2.75) is 201 Å². The van der Waals surface area contributed by atoms with E-state index in [0.29, 0.717) is 131 Å². The third-order valence-corrected chi connectivity index (χ3v) is 32.7. The normalized spacial score (nSPS) is 22.7. The lowest BCUT2D eigenvalue weighted by Gasteiger charge is -2.41. The average molecular weight is 1940 g/mol. The van der Waals surface area contributed by atoms with Crippen molar-refractivity contribution in [1.82, 2.24) is 88.3 Å².